The smallest absolute Gasteiger partial charge is 0.186 e. The summed E-state index contributed by atoms with van der Waals surface area (Å²) < 4.78 is 5.60. The zero-order valence-corrected chi connectivity index (χ0v) is 12.8. The van der Waals surface area contributed by atoms with Crippen molar-refractivity contribution in [3.05, 3.63) is 29.8 Å². The maximum absolute atomic E-state index is 12.9. The summed E-state index contributed by atoms with van der Waals surface area (Å²) in [6.45, 7) is 8.60. The molecule has 0 unspecified atom stereocenters. The number of carbonyl (C=O) groups excluding carboxylic acids is 1. The Labute approximate surface area is 121 Å². The van der Waals surface area contributed by atoms with Crippen molar-refractivity contribution >= 4 is 5.78 Å². The maximum Gasteiger partial charge on any atom is 0.186 e. The van der Waals surface area contributed by atoms with Gasteiger partial charge in [-0.05, 0) is 58.8 Å². The summed E-state index contributed by atoms with van der Waals surface area (Å²) in [5, 5.41) is 0. The van der Waals surface area contributed by atoms with E-state index in [4.69, 9.17) is 4.74 Å². The molecule has 0 aromatic heterocycles. The van der Waals surface area contributed by atoms with Crippen molar-refractivity contribution in [2.24, 2.45) is 0 Å². The third kappa shape index (κ3) is 3.04. The van der Waals surface area contributed by atoms with Gasteiger partial charge in [0.2, 0.25) is 0 Å². The SMILES string of the molecule is CCOc1ccccc1C(=O)C(C)(C)N1CCCCC1. The molecular formula is C17H25NO2. The van der Waals surface area contributed by atoms with Crippen LogP contribution in [-0.2, 0) is 0 Å². The van der Waals surface area contributed by atoms with E-state index in [0.29, 0.717) is 17.9 Å². The summed E-state index contributed by atoms with van der Waals surface area (Å²) in [5.74, 6) is 0.855. The molecule has 0 atom stereocenters. The van der Waals surface area contributed by atoms with Gasteiger partial charge >= 0.3 is 0 Å². The van der Waals surface area contributed by atoms with Crippen LogP contribution in [0.1, 0.15) is 50.4 Å². The largest absolute Gasteiger partial charge is 0.493 e. The highest BCUT2D eigenvalue weighted by Crippen LogP contribution is 2.28. The fourth-order valence-corrected chi connectivity index (χ4v) is 2.86. The minimum absolute atomic E-state index is 0.156. The molecule has 0 bridgehead atoms. The van der Waals surface area contributed by atoms with E-state index < -0.39 is 5.54 Å². The summed E-state index contributed by atoms with van der Waals surface area (Å²) in [7, 11) is 0. The topological polar surface area (TPSA) is 29.5 Å². The Morgan fingerprint density at radius 3 is 2.50 bits per heavy atom. The number of Topliss-reactive ketones (excluding diaryl/α,β-unsaturated/α-hetero) is 1. The Hall–Kier alpha value is -1.35. The number of ketones is 1. The van der Waals surface area contributed by atoms with Crippen LogP contribution in [0.3, 0.4) is 0 Å². The molecule has 1 aromatic rings. The molecule has 3 heteroatoms. The molecule has 1 heterocycles. The van der Waals surface area contributed by atoms with Crippen molar-refractivity contribution in [1.29, 1.82) is 0 Å². The van der Waals surface area contributed by atoms with Gasteiger partial charge in [0.15, 0.2) is 5.78 Å². The molecule has 20 heavy (non-hydrogen) atoms. The number of ether oxygens (including phenoxy) is 1. The Bertz CT molecular complexity index is 462. The number of carbonyl (C=O) groups is 1. The first kappa shape index (κ1) is 15.0. The van der Waals surface area contributed by atoms with Crippen molar-refractivity contribution in [2.75, 3.05) is 19.7 Å². The van der Waals surface area contributed by atoms with Crippen LogP contribution in [0.2, 0.25) is 0 Å². The van der Waals surface area contributed by atoms with Crippen LogP contribution in [0.5, 0.6) is 5.75 Å². The number of hydrogen-bond donors (Lipinski definition) is 0. The Kier molecular flexibility index (Phi) is 4.81. The number of rotatable bonds is 5. The third-order valence-corrected chi connectivity index (χ3v) is 4.13. The van der Waals surface area contributed by atoms with Gasteiger partial charge in [-0.25, -0.2) is 0 Å². The highest BCUT2D eigenvalue weighted by atomic mass is 16.5. The average Bonchev–Trinajstić information content (AvgIpc) is 2.48. The quantitative estimate of drug-likeness (QED) is 0.770. The van der Waals surface area contributed by atoms with Crippen LogP contribution in [0.4, 0.5) is 0 Å². The number of piperidine rings is 1. The van der Waals surface area contributed by atoms with Gasteiger partial charge < -0.3 is 4.74 Å². The van der Waals surface area contributed by atoms with E-state index in [1.165, 1.54) is 19.3 Å². The molecule has 3 nitrogen and oxygen atoms in total. The first-order valence-corrected chi connectivity index (χ1v) is 7.59. The first-order chi connectivity index (χ1) is 9.57. The molecular weight excluding hydrogens is 250 g/mol. The second kappa shape index (κ2) is 6.40. The molecule has 0 spiro atoms. The summed E-state index contributed by atoms with van der Waals surface area (Å²) in [5.41, 5.74) is 0.234. The normalized spacial score (nSPS) is 16.9. The van der Waals surface area contributed by atoms with Gasteiger partial charge in [0, 0.05) is 0 Å². The lowest BCUT2D eigenvalue weighted by molar-refractivity contribution is 0.0575. The summed E-state index contributed by atoms with van der Waals surface area (Å²) in [6.07, 6.45) is 3.64. The molecule has 0 N–H and O–H groups in total. The van der Waals surface area contributed by atoms with Crippen molar-refractivity contribution in [3.8, 4) is 5.75 Å². The second-order valence-corrected chi connectivity index (χ2v) is 5.87. The minimum atomic E-state index is -0.465. The van der Waals surface area contributed by atoms with Crippen molar-refractivity contribution in [1.82, 2.24) is 4.90 Å². The highest BCUT2D eigenvalue weighted by Gasteiger charge is 2.36. The standard InChI is InChI=1S/C17H25NO2/c1-4-20-15-11-7-6-10-14(15)16(19)17(2,3)18-12-8-5-9-13-18/h6-7,10-11H,4-5,8-9,12-13H2,1-3H3. The fraction of sp³-hybridized carbons (Fsp3) is 0.588. The monoisotopic (exact) mass is 275 g/mol. The van der Waals surface area contributed by atoms with E-state index >= 15 is 0 Å². The molecule has 2 rings (SSSR count). The lowest BCUT2D eigenvalue weighted by Crippen LogP contribution is -2.52. The van der Waals surface area contributed by atoms with Crippen molar-refractivity contribution in [2.45, 2.75) is 45.6 Å². The predicted molar refractivity (Wildman–Crippen MR) is 81.4 cm³/mol. The lowest BCUT2D eigenvalue weighted by Gasteiger charge is -2.40. The minimum Gasteiger partial charge on any atom is -0.493 e. The molecule has 1 aromatic carbocycles. The van der Waals surface area contributed by atoms with Gasteiger partial charge in [-0.15, -0.1) is 0 Å². The van der Waals surface area contributed by atoms with Gasteiger partial charge in [0.1, 0.15) is 5.75 Å². The van der Waals surface area contributed by atoms with E-state index in [0.717, 1.165) is 13.1 Å². The van der Waals surface area contributed by atoms with E-state index in [2.05, 4.69) is 4.90 Å². The summed E-state index contributed by atoms with van der Waals surface area (Å²) >= 11 is 0. The number of benzene rings is 1. The zero-order chi connectivity index (χ0) is 14.6. The molecule has 110 valence electrons. The predicted octanol–water partition coefficient (Wildman–Crippen LogP) is 3.53. The number of hydrogen-bond acceptors (Lipinski definition) is 3. The van der Waals surface area contributed by atoms with E-state index in [1.807, 2.05) is 45.0 Å². The van der Waals surface area contributed by atoms with Crippen LogP contribution < -0.4 is 4.74 Å². The van der Waals surface area contributed by atoms with Gasteiger partial charge in [-0.1, -0.05) is 18.6 Å². The maximum atomic E-state index is 12.9. The summed E-state index contributed by atoms with van der Waals surface area (Å²) in [4.78, 5) is 15.2. The van der Waals surface area contributed by atoms with Crippen LogP contribution in [0.25, 0.3) is 0 Å². The molecule has 1 aliphatic rings. The fourth-order valence-electron chi connectivity index (χ4n) is 2.86. The van der Waals surface area contributed by atoms with Crippen LogP contribution in [-0.4, -0.2) is 35.9 Å². The van der Waals surface area contributed by atoms with Crippen LogP contribution in [0, 0.1) is 0 Å². The summed E-state index contributed by atoms with van der Waals surface area (Å²) in [6, 6.07) is 7.57. The van der Waals surface area contributed by atoms with Crippen LogP contribution >= 0.6 is 0 Å². The molecule has 1 aliphatic heterocycles. The molecule has 1 saturated heterocycles. The molecule has 0 saturated carbocycles. The number of para-hydroxylation sites is 1. The second-order valence-electron chi connectivity index (χ2n) is 5.87. The third-order valence-electron chi connectivity index (χ3n) is 4.13. The van der Waals surface area contributed by atoms with Gasteiger partial charge in [-0.2, -0.15) is 0 Å². The molecule has 1 fully saturated rings. The highest BCUT2D eigenvalue weighted by molar-refractivity contribution is 6.04. The number of nitrogens with zero attached hydrogens (tertiary/aromatic N) is 1. The van der Waals surface area contributed by atoms with E-state index in [1.54, 1.807) is 0 Å². The average molecular weight is 275 g/mol. The number of likely N-dealkylation sites (tertiary alicyclic amines) is 1. The lowest BCUT2D eigenvalue weighted by atomic mass is 9.89. The molecule has 0 aliphatic carbocycles. The van der Waals surface area contributed by atoms with Gasteiger partial charge in [0.25, 0.3) is 0 Å². The molecule has 0 radical (unpaired) electrons. The van der Waals surface area contributed by atoms with Crippen LogP contribution in [0.15, 0.2) is 24.3 Å². The zero-order valence-electron chi connectivity index (χ0n) is 12.8. The molecule has 0 amide bonds. The van der Waals surface area contributed by atoms with Crippen molar-refractivity contribution in [3.63, 3.8) is 0 Å². The van der Waals surface area contributed by atoms with Crippen molar-refractivity contribution < 1.29 is 9.53 Å². The Balaban J connectivity index is 2.25. The van der Waals surface area contributed by atoms with Gasteiger partial charge in [-0.3, -0.25) is 9.69 Å². The Morgan fingerprint density at radius 1 is 1.20 bits per heavy atom. The van der Waals surface area contributed by atoms with E-state index in [9.17, 15) is 4.79 Å². The Morgan fingerprint density at radius 2 is 1.85 bits per heavy atom. The first-order valence-electron chi connectivity index (χ1n) is 7.59. The van der Waals surface area contributed by atoms with E-state index in [-0.39, 0.29) is 5.78 Å². The van der Waals surface area contributed by atoms with Gasteiger partial charge in [0.05, 0.1) is 17.7 Å².